The second kappa shape index (κ2) is 5.20. The van der Waals surface area contributed by atoms with E-state index in [4.69, 9.17) is 0 Å². The lowest BCUT2D eigenvalue weighted by molar-refractivity contribution is -0.394. The third-order valence-corrected chi connectivity index (χ3v) is 2.33. The van der Waals surface area contributed by atoms with Gasteiger partial charge in [0.1, 0.15) is 11.9 Å². The number of H-pyrrole nitrogens is 2. The molecule has 0 aliphatic rings. The van der Waals surface area contributed by atoms with E-state index < -0.39 is 32.5 Å². The molecule has 0 amide bonds. The molecule has 0 bridgehead atoms. The highest BCUT2D eigenvalue weighted by Crippen LogP contribution is 2.27. The van der Waals surface area contributed by atoms with Crippen LogP contribution in [0.5, 0.6) is 0 Å². The number of hydrogen-bond donors (Lipinski definition) is 3. The van der Waals surface area contributed by atoms with Crippen LogP contribution >= 0.6 is 0 Å². The number of anilines is 2. The zero-order chi connectivity index (χ0) is 15.6. The lowest BCUT2D eigenvalue weighted by Crippen LogP contribution is -2.23. The van der Waals surface area contributed by atoms with Crippen molar-refractivity contribution in [2.75, 3.05) is 5.32 Å². The van der Waals surface area contributed by atoms with Crippen LogP contribution in [0.4, 0.5) is 22.9 Å². The van der Waals surface area contributed by atoms with Crippen molar-refractivity contribution in [1.29, 1.82) is 0 Å². The molecule has 0 aliphatic carbocycles. The van der Waals surface area contributed by atoms with E-state index in [-0.39, 0.29) is 11.5 Å². The van der Waals surface area contributed by atoms with Gasteiger partial charge in [-0.1, -0.05) is 0 Å². The average molecular weight is 294 g/mol. The summed E-state index contributed by atoms with van der Waals surface area (Å²) in [4.78, 5) is 49.6. The van der Waals surface area contributed by atoms with E-state index in [0.29, 0.717) is 6.07 Å². The summed E-state index contributed by atoms with van der Waals surface area (Å²) in [5.41, 5.74) is -3.04. The molecule has 3 N–H and O–H groups in total. The van der Waals surface area contributed by atoms with E-state index in [9.17, 15) is 29.8 Å². The summed E-state index contributed by atoms with van der Waals surface area (Å²) in [6.45, 7) is 0. The molecule has 0 spiro atoms. The van der Waals surface area contributed by atoms with Crippen molar-refractivity contribution in [2.45, 2.75) is 0 Å². The van der Waals surface area contributed by atoms with Gasteiger partial charge in [0.25, 0.3) is 11.2 Å². The van der Waals surface area contributed by atoms with Gasteiger partial charge in [0.2, 0.25) is 5.82 Å². The van der Waals surface area contributed by atoms with Crippen molar-refractivity contribution in [1.82, 2.24) is 15.0 Å². The number of aromatic amines is 2. The molecule has 12 heteroatoms. The first-order valence-electron chi connectivity index (χ1n) is 5.26. The summed E-state index contributed by atoms with van der Waals surface area (Å²) in [6.07, 6.45) is 1.79. The first-order chi connectivity index (χ1) is 9.88. The standard InChI is InChI=1S/C9H6N6O6/c16-8-5(3-11-9(17)13-8)12-7-6(15(20)21)1-4(2-10-7)14(18)19/h1-3H,(H,10,12)(H2,11,13,16,17). The Morgan fingerprint density at radius 3 is 2.48 bits per heavy atom. The Kier molecular flexibility index (Phi) is 3.43. The van der Waals surface area contributed by atoms with E-state index >= 15 is 0 Å². The highest BCUT2D eigenvalue weighted by Gasteiger charge is 2.21. The zero-order valence-corrected chi connectivity index (χ0v) is 10.0. The summed E-state index contributed by atoms with van der Waals surface area (Å²) in [5, 5.41) is 23.8. The van der Waals surface area contributed by atoms with Gasteiger partial charge in [-0.25, -0.2) is 9.78 Å². The molecular weight excluding hydrogens is 288 g/mol. The molecule has 2 aromatic heterocycles. The fourth-order valence-electron chi connectivity index (χ4n) is 1.41. The Labute approximate surface area is 113 Å². The topological polar surface area (TPSA) is 177 Å². The lowest BCUT2D eigenvalue weighted by Gasteiger charge is -2.04. The van der Waals surface area contributed by atoms with Crippen molar-refractivity contribution < 1.29 is 9.85 Å². The third-order valence-electron chi connectivity index (χ3n) is 2.33. The van der Waals surface area contributed by atoms with Gasteiger partial charge in [-0.15, -0.1) is 0 Å². The Balaban J connectivity index is 2.48. The molecule has 0 fully saturated rings. The molecule has 2 heterocycles. The fraction of sp³-hybridized carbons (Fsp3) is 0. The van der Waals surface area contributed by atoms with Gasteiger partial charge in [0.05, 0.1) is 15.9 Å². The number of nitrogens with one attached hydrogen (secondary N) is 3. The highest BCUT2D eigenvalue weighted by molar-refractivity contribution is 5.66. The molecule has 2 aromatic rings. The molecular formula is C9H6N6O6. The van der Waals surface area contributed by atoms with Gasteiger partial charge in [0, 0.05) is 6.20 Å². The Morgan fingerprint density at radius 2 is 1.90 bits per heavy atom. The van der Waals surface area contributed by atoms with Gasteiger partial charge >= 0.3 is 11.4 Å². The van der Waals surface area contributed by atoms with Crippen LogP contribution in [0, 0.1) is 20.2 Å². The van der Waals surface area contributed by atoms with E-state index in [0.717, 1.165) is 12.4 Å². The number of hydrogen-bond acceptors (Lipinski definition) is 8. The Bertz CT molecular complexity index is 839. The molecule has 0 unspecified atom stereocenters. The highest BCUT2D eigenvalue weighted by atomic mass is 16.6. The minimum atomic E-state index is -0.887. The maximum absolute atomic E-state index is 11.5. The monoisotopic (exact) mass is 294 g/mol. The summed E-state index contributed by atoms with van der Waals surface area (Å²) >= 11 is 0. The van der Waals surface area contributed by atoms with Crippen LogP contribution in [-0.4, -0.2) is 24.8 Å². The Morgan fingerprint density at radius 1 is 1.19 bits per heavy atom. The summed E-state index contributed by atoms with van der Waals surface area (Å²) in [7, 11) is 0. The van der Waals surface area contributed by atoms with E-state index in [2.05, 4.69) is 15.3 Å². The smallest absolute Gasteiger partial charge is 0.325 e. The quantitative estimate of drug-likeness (QED) is 0.521. The molecule has 2 rings (SSSR count). The molecule has 12 nitrogen and oxygen atoms in total. The average Bonchev–Trinajstić information content (AvgIpc) is 2.41. The predicted molar refractivity (Wildman–Crippen MR) is 68.5 cm³/mol. The van der Waals surface area contributed by atoms with E-state index in [1.807, 2.05) is 4.98 Å². The third kappa shape index (κ3) is 2.89. The second-order valence-corrected chi connectivity index (χ2v) is 3.69. The molecule has 0 aromatic carbocycles. The first kappa shape index (κ1) is 13.9. The van der Waals surface area contributed by atoms with Gasteiger partial charge < -0.3 is 10.3 Å². The molecule has 0 atom stereocenters. The van der Waals surface area contributed by atoms with Crippen LogP contribution in [0.2, 0.25) is 0 Å². The minimum absolute atomic E-state index is 0.209. The summed E-state index contributed by atoms with van der Waals surface area (Å²) in [6, 6.07) is 0.704. The van der Waals surface area contributed by atoms with Crippen LogP contribution in [0.15, 0.2) is 28.0 Å². The molecule has 0 saturated carbocycles. The van der Waals surface area contributed by atoms with Gasteiger partial charge in [-0.05, 0) is 0 Å². The molecule has 0 saturated heterocycles. The van der Waals surface area contributed by atoms with Crippen molar-refractivity contribution in [2.24, 2.45) is 0 Å². The van der Waals surface area contributed by atoms with Crippen LogP contribution in [0.1, 0.15) is 0 Å². The van der Waals surface area contributed by atoms with Gasteiger partial charge in [-0.3, -0.25) is 30.0 Å². The Hall–Kier alpha value is -3.57. The predicted octanol–water partition coefficient (Wildman–Crippen LogP) is 0.0182. The maximum atomic E-state index is 11.5. The largest absolute Gasteiger partial charge is 0.329 e. The lowest BCUT2D eigenvalue weighted by atomic mass is 10.3. The van der Waals surface area contributed by atoms with E-state index in [1.54, 1.807) is 0 Å². The van der Waals surface area contributed by atoms with Gasteiger partial charge in [0.15, 0.2) is 0 Å². The van der Waals surface area contributed by atoms with Crippen LogP contribution < -0.4 is 16.6 Å². The molecule has 0 aliphatic heterocycles. The zero-order valence-electron chi connectivity index (χ0n) is 10.0. The second-order valence-electron chi connectivity index (χ2n) is 3.69. The fourth-order valence-corrected chi connectivity index (χ4v) is 1.41. The minimum Gasteiger partial charge on any atom is -0.329 e. The van der Waals surface area contributed by atoms with Crippen LogP contribution in [0.3, 0.4) is 0 Å². The normalized spacial score (nSPS) is 10.1. The van der Waals surface area contributed by atoms with Crippen LogP contribution in [-0.2, 0) is 0 Å². The summed E-state index contributed by atoms with van der Waals surface area (Å²) < 4.78 is 0. The number of aromatic nitrogens is 3. The molecule has 108 valence electrons. The molecule has 21 heavy (non-hydrogen) atoms. The SMILES string of the molecule is O=c1[nH]cc(Nc2ncc([N+](=O)[O-])cc2[N+](=O)[O-])c(=O)[nH]1. The first-order valence-corrected chi connectivity index (χ1v) is 5.26. The summed E-state index contributed by atoms with van der Waals surface area (Å²) in [5.74, 6) is -0.372. The number of rotatable bonds is 4. The number of nitrogens with zero attached hydrogens (tertiary/aromatic N) is 3. The van der Waals surface area contributed by atoms with Gasteiger partial charge in [-0.2, -0.15) is 0 Å². The maximum Gasteiger partial charge on any atom is 0.325 e. The van der Waals surface area contributed by atoms with E-state index in [1.165, 1.54) is 0 Å². The van der Waals surface area contributed by atoms with Crippen molar-refractivity contribution in [3.63, 3.8) is 0 Å². The molecule has 0 radical (unpaired) electrons. The van der Waals surface area contributed by atoms with Crippen LogP contribution in [0.25, 0.3) is 0 Å². The van der Waals surface area contributed by atoms with Crippen molar-refractivity contribution in [3.05, 3.63) is 59.5 Å². The van der Waals surface area contributed by atoms with Crippen molar-refractivity contribution >= 4 is 22.9 Å². The number of nitro groups is 2. The number of pyridine rings is 1. The van der Waals surface area contributed by atoms with Crippen molar-refractivity contribution in [3.8, 4) is 0 Å².